The Labute approximate surface area is 381 Å². The molecular weight excluding hydrogens is 777 g/mol. The minimum absolute atomic E-state index is 0.410. The van der Waals surface area contributed by atoms with Crippen LogP contribution in [0, 0.1) is 5.92 Å². The van der Waals surface area contributed by atoms with Crippen LogP contribution < -0.4 is 9.80 Å². The molecule has 4 aromatic rings. The summed E-state index contributed by atoms with van der Waals surface area (Å²) in [6.45, 7) is 0. The first kappa shape index (κ1) is 39.7. The fraction of sp³-hybridized carbons (Fsp3) is 0.333. The monoisotopic (exact) mass is 838 g/mol. The van der Waals surface area contributed by atoms with Gasteiger partial charge in [0.1, 0.15) is 0 Å². The van der Waals surface area contributed by atoms with Gasteiger partial charge < -0.3 is 14.4 Å². The molecule has 6 atom stereocenters. The Morgan fingerprint density at radius 1 is 0.578 bits per heavy atom. The zero-order chi connectivity index (χ0) is 42.4. The summed E-state index contributed by atoms with van der Waals surface area (Å²) in [7, 11) is 0. The number of allylic oxidation sites excluding steroid dienone is 11. The predicted octanol–water partition coefficient (Wildman–Crippen LogP) is 14.4. The fourth-order valence-corrected chi connectivity index (χ4v) is 12.9. The zero-order valence-electron chi connectivity index (χ0n) is 37.3. The highest BCUT2D eigenvalue weighted by atomic mass is 15.2. The molecule has 1 aliphatic heterocycles. The molecule has 0 bridgehead atoms. The third-order valence-corrected chi connectivity index (χ3v) is 15.9. The lowest BCUT2D eigenvalue weighted by atomic mass is 9.81. The number of anilines is 3. The maximum absolute atomic E-state index is 2.94. The van der Waals surface area contributed by atoms with Crippen molar-refractivity contribution in [1.29, 1.82) is 0 Å². The standard InChI is InChI=1S/C60H62N4/c1-5-17-45(18-6-1)61(51-37-39-59-55(41-51)53-25-13-15-27-57(53)63(59)47-21-9-3-10-22-47)49-33-29-43(30-34-49)44-31-35-50(36-32-44)62(46-19-7-2-8-20-46)52-38-40-60-56(42-52)54-26-14-16-28-58(54)64(60)48-23-11-4-12-24-48/h1-7,9-11,13,15-18,21-23,25,27-28,31-33,35,37-38,40,43,46,50,52,55,59H,8,12,14,19-20,24,26,29-30,34,36,39,41-42H2/t43?,46?,50-,52?,55?,59?/m1/s1. The predicted molar refractivity (Wildman–Crippen MR) is 268 cm³/mol. The number of rotatable bonds is 9. The number of para-hydroxylation sites is 3. The SMILES string of the molecule is C1=CCCC(n2c3c(c4c2C=CC(N(C2CC=CCC2)[C@@H]2C=CC(C5CC=C(N(C6=CCC7C(C6)c6ccccc6N7c6ccccc6)c6ccccc6)CC5)=CC2)C4)CCC=C3)=C1. The molecule has 0 amide bonds. The van der Waals surface area contributed by atoms with Crippen LogP contribution in [0.25, 0.3) is 17.8 Å². The first-order chi connectivity index (χ1) is 31.8. The van der Waals surface area contributed by atoms with Crippen LogP contribution in [0.4, 0.5) is 17.1 Å². The molecule has 0 spiro atoms. The van der Waals surface area contributed by atoms with E-state index >= 15 is 0 Å². The molecule has 322 valence electrons. The van der Waals surface area contributed by atoms with E-state index in [1.54, 1.807) is 16.7 Å². The topological polar surface area (TPSA) is 14.7 Å². The average molecular weight is 839 g/mol. The lowest BCUT2D eigenvalue weighted by molar-refractivity contribution is 0.114. The van der Waals surface area contributed by atoms with Crippen LogP contribution >= 0.6 is 0 Å². The summed E-state index contributed by atoms with van der Waals surface area (Å²) < 4.78 is 2.61. The van der Waals surface area contributed by atoms with E-state index in [9.17, 15) is 0 Å². The molecule has 8 aliphatic rings. The van der Waals surface area contributed by atoms with E-state index in [-0.39, 0.29) is 0 Å². The Morgan fingerprint density at radius 2 is 1.39 bits per heavy atom. The summed E-state index contributed by atoms with van der Waals surface area (Å²) in [6.07, 6.45) is 50.4. The van der Waals surface area contributed by atoms with E-state index in [1.807, 2.05) is 0 Å². The van der Waals surface area contributed by atoms with Crippen molar-refractivity contribution in [2.45, 2.75) is 120 Å². The van der Waals surface area contributed by atoms with Crippen LogP contribution in [0.3, 0.4) is 0 Å². The van der Waals surface area contributed by atoms with Gasteiger partial charge in [-0.15, -0.1) is 0 Å². The quantitative estimate of drug-likeness (QED) is 0.156. The average Bonchev–Trinajstić information content (AvgIpc) is 3.88. The summed E-state index contributed by atoms with van der Waals surface area (Å²) in [5.41, 5.74) is 17.5. The highest BCUT2D eigenvalue weighted by molar-refractivity contribution is 5.75. The largest absolute Gasteiger partial charge is 0.337 e. The van der Waals surface area contributed by atoms with Crippen molar-refractivity contribution in [3.8, 4) is 0 Å². The molecule has 4 heteroatoms. The van der Waals surface area contributed by atoms with Gasteiger partial charge in [0.25, 0.3) is 0 Å². The molecule has 1 aromatic heterocycles. The minimum atomic E-state index is 0.410. The van der Waals surface area contributed by atoms with Crippen LogP contribution in [0.5, 0.6) is 0 Å². The van der Waals surface area contributed by atoms with Crippen LogP contribution in [-0.2, 0) is 12.8 Å². The highest BCUT2D eigenvalue weighted by Crippen LogP contribution is 2.52. The van der Waals surface area contributed by atoms with Crippen LogP contribution in [0.2, 0.25) is 0 Å². The van der Waals surface area contributed by atoms with E-state index in [4.69, 9.17) is 0 Å². The smallest absolute Gasteiger partial charge is 0.0492 e. The molecule has 5 unspecified atom stereocenters. The number of fused-ring (bicyclic) bond motifs is 6. The number of hydrogen-bond acceptors (Lipinski definition) is 3. The third-order valence-electron chi connectivity index (χ3n) is 15.9. The van der Waals surface area contributed by atoms with Gasteiger partial charge in [-0.05, 0) is 167 Å². The Morgan fingerprint density at radius 3 is 2.19 bits per heavy atom. The van der Waals surface area contributed by atoms with Gasteiger partial charge in [-0.2, -0.15) is 0 Å². The fourth-order valence-electron chi connectivity index (χ4n) is 12.9. The molecule has 7 aliphatic carbocycles. The maximum Gasteiger partial charge on any atom is 0.0492 e. The van der Waals surface area contributed by atoms with Crippen molar-refractivity contribution in [2.24, 2.45) is 5.92 Å². The summed E-state index contributed by atoms with van der Waals surface area (Å²) >= 11 is 0. The third kappa shape index (κ3) is 7.19. The highest BCUT2D eigenvalue weighted by Gasteiger charge is 2.42. The lowest BCUT2D eigenvalue weighted by Crippen LogP contribution is -2.50. The van der Waals surface area contributed by atoms with Gasteiger partial charge >= 0.3 is 0 Å². The van der Waals surface area contributed by atoms with E-state index in [2.05, 4.69) is 189 Å². The second-order valence-corrected chi connectivity index (χ2v) is 19.4. The second kappa shape index (κ2) is 17.3. The number of nitrogens with zero attached hydrogens (tertiary/aromatic N) is 4. The zero-order valence-corrected chi connectivity index (χ0v) is 37.3. The molecule has 64 heavy (non-hydrogen) atoms. The van der Waals surface area contributed by atoms with Crippen molar-refractivity contribution >= 4 is 34.9 Å². The van der Waals surface area contributed by atoms with Gasteiger partial charge in [-0.1, -0.05) is 121 Å². The van der Waals surface area contributed by atoms with Gasteiger partial charge in [0.2, 0.25) is 0 Å². The first-order valence-electron chi connectivity index (χ1n) is 24.7. The Balaban J connectivity index is 0.780. The molecule has 0 saturated carbocycles. The van der Waals surface area contributed by atoms with Crippen molar-refractivity contribution < 1.29 is 0 Å². The second-order valence-electron chi connectivity index (χ2n) is 19.4. The molecule has 4 nitrogen and oxygen atoms in total. The van der Waals surface area contributed by atoms with Gasteiger partial charge in [-0.3, -0.25) is 4.90 Å². The normalized spacial score (nSPS) is 26.7. The maximum atomic E-state index is 2.94. The molecule has 0 fully saturated rings. The number of aromatic nitrogens is 1. The van der Waals surface area contributed by atoms with E-state index in [1.165, 1.54) is 70.4 Å². The van der Waals surface area contributed by atoms with E-state index in [0.717, 1.165) is 70.6 Å². The molecule has 12 rings (SSSR count). The van der Waals surface area contributed by atoms with Gasteiger partial charge in [-0.25, -0.2) is 0 Å². The molecule has 3 aromatic carbocycles. The Kier molecular flexibility index (Phi) is 10.7. The van der Waals surface area contributed by atoms with Gasteiger partial charge in [0.15, 0.2) is 0 Å². The molecule has 2 heterocycles. The summed E-state index contributed by atoms with van der Waals surface area (Å²) in [6, 6.07) is 33.2. The van der Waals surface area contributed by atoms with Crippen molar-refractivity contribution in [2.75, 3.05) is 9.80 Å². The number of benzene rings is 3. The van der Waals surface area contributed by atoms with Gasteiger partial charge in [0.05, 0.1) is 0 Å². The van der Waals surface area contributed by atoms with Gasteiger partial charge in [0, 0.05) is 75.6 Å². The minimum Gasteiger partial charge on any atom is -0.337 e. The van der Waals surface area contributed by atoms with Crippen molar-refractivity contribution in [3.05, 3.63) is 203 Å². The Hall–Kier alpha value is -5.84. The summed E-state index contributed by atoms with van der Waals surface area (Å²) in [5, 5.41) is 0. The van der Waals surface area contributed by atoms with Crippen LogP contribution in [0.1, 0.15) is 111 Å². The molecule has 0 N–H and O–H groups in total. The van der Waals surface area contributed by atoms with Crippen LogP contribution in [-0.4, -0.2) is 33.6 Å². The number of hydrogen-bond donors (Lipinski definition) is 0. The van der Waals surface area contributed by atoms with Crippen LogP contribution in [0.15, 0.2) is 175 Å². The molecular formula is C60H62N4. The van der Waals surface area contributed by atoms with Crippen molar-refractivity contribution in [1.82, 2.24) is 9.47 Å². The summed E-state index contributed by atoms with van der Waals surface area (Å²) in [5.74, 6) is 1.02. The van der Waals surface area contributed by atoms with Crippen molar-refractivity contribution in [3.63, 3.8) is 0 Å². The Bertz CT molecular complexity index is 2680. The van der Waals surface area contributed by atoms with E-state index in [0.29, 0.717) is 36.0 Å². The molecule has 0 radical (unpaired) electrons. The molecule has 0 saturated heterocycles. The summed E-state index contributed by atoms with van der Waals surface area (Å²) in [4.78, 5) is 8.20. The van der Waals surface area contributed by atoms with E-state index < -0.39 is 0 Å². The first-order valence-corrected chi connectivity index (χ1v) is 24.7. The lowest BCUT2D eigenvalue weighted by Gasteiger charge is -2.44.